The smallest absolute Gasteiger partial charge is 0.349 e. The highest BCUT2D eigenvalue weighted by molar-refractivity contribution is 6.18. The van der Waals surface area contributed by atoms with Gasteiger partial charge in [0.2, 0.25) is 0 Å². The molecule has 0 atom stereocenters. The fourth-order valence-corrected chi connectivity index (χ4v) is 1.46. The monoisotopic (exact) mass is 227 g/mol. The van der Waals surface area contributed by atoms with Crippen LogP contribution in [-0.4, -0.2) is 32.0 Å². The van der Waals surface area contributed by atoms with Gasteiger partial charge in [0.25, 0.3) is 0 Å². The Morgan fingerprint density at radius 1 is 1.67 bits per heavy atom. The second-order valence-electron chi connectivity index (χ2n) is 3.03. The van der Waals surface area contributed by atoms with Crippen LogP contribution in [0.1, 0.15) is 5.82 Å². The van der Waals surface area contributed by atoms with E-state index in [9.17, 15) is 4.79 Å². The molecule has 0 amide bonds. The summed E-state index contributed by atoms with van der Waals surface area (Å²) in [7, 11) is 0. The Morgan fingerprint density at radius 2 is 2.47 bits per heavy atom. The molecular formula is C8H10ClN5O. The second-order valence-corrected chi connectivity index (χ2v) is 3.40. The van der Waals surface area contributed by atoms with Gasteiger partial charge in [-0.1, -0.05) is 0 Å². The zero-order valence-corrected chi connectivity index (χ0v) is 8.88. The molecule has 6 nitrogen and oxygen atoms in total. The van der Waals surface area contributed by atoms with Crippen LogP contribution >= 0.6 is 11.6 Å². The van der Waals surface area contributed by atoms with Crippen LogP contribution in [0.5, 0.6) is 0 Å². The zero-order chi connectivity index (χ0) is 10.8. The molecule has 0 aliphatic rings. The molecule has 0 spiro atoms. The molecule has 0 saturated heterocycles. The second kappa shape index (κ2) is 3.90. The number of hydrogen-bond donors (Lipinski definition) is 2. The molecule has 15 heavy (non-hydrogen) atoms. The Balaban J connectivity index is 2.49. The van der Waals surface area contributed by atoms with Crippen LogP contribution in [0.25, 0.3) is 5.65 Å². The van der Waals surface area contributed by atoms with E-state index < -0.39 is 0 Å². The van der Waals surface area contributed by atoms with E-state index in [2.05, 4.69) is 20.5 Å². The molecule has 2 rings (SSSR count). The molecule has 0 saturated carbocycles. The number of anilines is 1. The van der Waals surface area contributed by atoms with Gasteiger partial charge in [-0.15, -0.1) is 11.6 Å². The lowest BCUT2D eigenvalue weighted by Gasteiger charge is -2.04. The predicted molar refractivity (Wildman–Crippen MR) is 57.6 cm³/mol. The maximum atomic E-state index is 11.3. The highest BCUT2D eigenvalue weighted by Gasteiger charge is 2.05. The van der Waals surface area contributed by atoms with Crippen molar-refractivity contribution in [3.8, 4) is 0 Å². The standard InChI is InChI=1S/C8H10ClN5O/c1-5-11-6(10-3-2-9)4-7-12-13-8(15)14(5)7/h4,10H,2-3H2,1H3,(H,13,15). The lowest BCUT2D eigenvalue weighted by atomic mass is 10.5. The van der Waals surface area contributed by atoms with E-state index in [1.807, 2.05) is 0 Å². The molecule has 7 heteroatoms. The number of hydrogen-bond acceptors (Lipinski definition) is 4. The minimum absolute atomic E-state index is 0.279. The number of alkyl halides is 1. The highest BCUT2D eigenvalue weighted by Crippen LogP contribution is 2.07. The van der Waals surface area contributed by atoms with Crippen LogP contribution in [-0.2, 0) is 0 Å². The van der Waals surface area contributed by atoms with Crippen LogP contribution in [0.3, 0.4) is 0 Å². The summed E-state index contributed by atoms with van der Waals surface area (Å²) in [6, 6.07) is 1.69. The number of aromatic nitrogens is 4. The molecule has 2 aromatic rings. The molecule has 2 N–H and O–H groups in total. The SMILES string of the molecule is Cc1nc(NCCCl)cc2n[nH]c(=O)n12. The Hall–Kier alpha value is -1.56. The van der Waals surface area contributed by atoms with E-state index in [0.717, 1.165) is 0 Å². The Kier molecular flexibility index (Phi) is 2.59. The molecule has 0 bridgehead atoms. The van der Waals surface area contributed by atoms with Crippen molar-refractivity contribution in [1.29, 1.82) is 0 Å². The van der Waals surface area contributed by atoms with Gasteiger partial charge in [0.05, 0.1) is 0 Å². The maximum absolute atomic E-state index is 11.3. The van der Waals surface area contributed by atoms with Crippen molar-refractivity contribution >= 4 is 23.1 Å². The lowest BCUT2D eigenvalue weighted by molar-refractivity contribution is 0.934. The number of aromatic amines is 1. The minimum Gasteiger partial charge on any atom is -0.369 e. The normalized spacial score (nSPS) is 10.8. The summed E-state index contributed by atoms with van der Waals surface area (Å²) < 4.78 is 1.41. The van der Waals surface area contributed by atoms with Crippen molar-refractivity contribution in [3.05, 3.63) is 22.4 Å². The summed E-state index contributed by atoms with van der Waals surface area (Å²) in [4.78, 5) is 15.5. The van der Waals surface area contributed by atoms with Gasteiger partial charge in [-0.2, -0.15) is 5.10 Å². The highest BCUT2D eigenvalue weighted by atomic mass is 35.5. The van der Waals surface area contributed by atoms with E-state index in [4.69, 9.17) is 11.6 Å². The van der Waals surface area contributed by atoms with E-state index in [0.29, 0.717) is 29.7 Å². The number of H-pyrrole nitrogens is 1. The van der Waals surface area contributed by atoms with Crippen molar-refractivity contribution in [2.75, 3.05) is 17.7 Å². The molecule has 0 aliphatic heterocycles. The van der Waals surface area contributed by atoms with Gasteiger partial charge in [-0.05, 0) is 6.92 Å². The van der Waals surface area contributed by atoms with Crippen molar-refractivity contribution in [1.82, 2.24) is 19.6 Å². The van der Waals surface area contributed by atoms with Gasteiger partial charge < -0.3 is 5.32 Å². The fourth-order valence-electron chi connectivity index (χ4n) is 1.36. The number of fused-ring (bicyclic) bond motifs is 1. The summed E-state index contributed by atoms with van der Waals surface area (Å²) in [5, 5.41) is 9.25. The molecule has 0 radical (unpaired) electrons. The Labute approximate surface area is 90.3 Å². The molecule has 0 aliphatic carbocycles. The third kappa shape index (κ3) is 1.80. The first-order valence-electron chi connectivity index (χ1n) is 4.47. The first-order chi connectivity index (χ1) is 7.22. The van der Waals surface area contributed by atoms with E-state index in [1.54, 1.807) is 13.0 Å². The Morgan fingerprint density at radius 3 is 3.20 bits per heavy atom. The van der Waals surface area contributed by atoms with Crippen molar-refractivity contribution < 1.29 is 0 Å². The van der Waals surface area contributed by atoms with Crippen LogP contribution < -0.4 is 11.0 Å². The maximum Gasteiger partial charge on any atom is 0.349 e. The summed E-state index contributed by atoms with van der Waals surface area (Å²) >= 11 is 5.55. The quantitative estimate of drug-likeness (QED) is 0.744. The van der Waals surface area contributed by atoms with Gasteiger partial charge in [0, 0.05) is 18.5 Å². The topological polar surface area (TPSA) is 75.1 Å². The zero-order valence-electron chi connectivity index (χ0n) is 8.12. The number of aryl methyl sites for hydroxylation is 1. The number of nitrogens with one attached hydrogen (secondary N) is 2. The molecule has 0 aromatic carbocycles. The van der Waals surface area contributed by atoms with Crippen LogP contribution in [0.4, 0.5) is 5.82 Å². The molecule has 0 fully saturated rings. The first kappa shape index (κ1) is 9.97. The van der Waals surface area contributed by atoms with E-state index in [-0.39, 0.29) is 5.69 Å². The third-order valence-electron chi connectivity index (χ3n) is 1.97. The third-order valence-corrected chi connectivity index (χ3v) is 2.16. The fraction of sp³-hybridized carbons (Fsp3) is 0.375. The van der Waals surface area contributed by atoms with Gasteiger partial charge in [0.15, 0.2) is 5.65 Å². The van der Waals surface area contributed by atoms with Crippen molar-refractivity contribution in [2.24, 2.45) is 0 Å². The minimum atomic E-state index is -0.279. The van der Waals surface area contributed by atoms with Gasteiger partial charge in [-0.25, -0.2) is 19.3 Å². The first-order valence-corrected chi connectivity index (χ1v) is 5.00. The number of halogens is 1. The molecule has 80 valence electrons. The van der Waals surface area contributed by atoms with E-state index in [1.165, 1.54) is 4.40 Å². The van der Waals surface area contributed by atoms with Gasteiger partial charge >= 0.3 is 5.69 Å². The summed E-state index contributed by atoms with van der Waals surface area (Å²) in [6.45, 7) is 2.37. The van der Waals surface area contributed by atoms with Crippen LogP contribution in [0.2, 0.25) is 0 Å². The van der Waals surface area contributed by atoms with Gasteiger partial charge in [0.1, 0.15) is 11.6 Å². The lowest BCUT2D eigenvalue weighted by Crippen LogP contribution is -2.14. The largest absolute Gasteiger partial charge is 0.369 e. The van der Waals surface area contributed by atoms with E-state index >= 15 is 0 Å². The Bertz CT molecular complexity index is 531. The predicted octanol–water partition coefficient (Wildman–Crippen LogP) is 0.377. The molecular weight excluding hydrogens is 218 g/mol. The summed E-state index contributed by atoms with van der Waals surface area (Å²) in [5.41, 5.74) is 0.267. The number of rotatable bonds is 3. The van der Waals surface area contributed by atoms with Crippen molar-refractivity contribution in [2.45, 2.75) is 6.92 Å². The van der Waals surface area contributed by atoms with Crippen LogP contribution in [0, 0.1) is 6.92 Å². The number of nitrogens with zero attached hydrogens (tertiary/aromatic N) is 3. The molecule has 2 heterocycles. The molecule has 0 unspecified atom stereocenters. The molecule has 2 aromatic heterocycles. The summed E-state index contributed by atoms with van der Waals surface area (Å²) in [5.74, 6) is 1.75. The summed E-state index contributed by atoms with van der Waals surface area (Å²) in [6.07, 6.45) is 0. The average molecular weight is 228 g/mol. The van der Waals surface area contributed by atoms with Gasteiger partial charge in [-0.3, -0.25) is 0 Å². The van der Waals surface area contributed by atoms with Crippen molar-refractivity contribution in [3.63, 3.8) is 0 Å². The average Bonchev–Trinajstić information content (AvgIpc) is 2.58. The van der Waals surface area contributed by atoms with Crippen LogP contribution in [0.15, 0.2) is 10.9 Å².